The van der Waals surface area contributed by atoms with Crippen molar-refractivity contribution in [2.24, 2.45) is 0 Å². The zero-order chi connectivity index (χ0) is 14.9. The van der Waals surface area contributed by atoms with Crippen LogP contribution in [0, 0.1) is 0 Å². The number of hydrogen-bond acceptors (Lipinski definition) is 5. The minimum absolute atomic E-state index is 0.0109. The molecular formula is C16H8O2S4. The first-order valence-electron chi connectivity index (χ1n) is 6.63. The predicted molar refractivity (Wildman–Crippen MR) is 95.5 cm³/mol. The second-order valence-corrected chi connectivity index (χ2v) is 15.1. The third kappa shape index (κ3) is 1.58. The maximum Gasteiger partial charge on any atom is 0.202 e. The van der Waals surface area contributed by atoms with E-state index in [2.05, 4.69) is 0 Å². The van der Waals surface area contributed by atoms with Crippen molar-refractivity contribution in [2.75, 3.05) is 0 Å². The molecule has 5 rings (SSSR count). The molecule has 0 saturated carbocycles. The van der Waals surface area contributed by atoms with Gasteiger partial charge in [0.05, 0.1) is 9.81 Å². The van der Waals surface area contributed by atoms with Gasteiger partial charge in [-0.15, -0.1) is 0 Å². The fourth-order valence-corrected chi connectivity index (χ4v) is 14.0. The number of hydrogen-bond donors (Lipinski definition) is 0. The molecule has 2 aromatic carbocycles. The Bertz CT molecular complexity index is 912. The van der Waals surface area contributed by atoms with E-state index in [1.165, 1.54) is 11.8 Å². The Kier molecular flexibility index (Phi) is 2.72. The van der Waals surface area contributed by atoms with Gasteiger partial charge in [-0.05, 0) is 43.9 Å². The summed E-state index contributed by atoms with van der Waals surface area (Å²) >= 11 is 1.46. The number of ketones is 2. The van der Waals surface area contributed by atoms with Gasteiger partial charge in [-0.25, -0.2) is 0 Å². The van der Waals surface area contributed by atoms with E-state index in [-0.39, 0.29) is 11.6 Å². The van der Waals surface area contributed by atoms with Gasteiger partial charge in [-0.2, -0.15) is 0 Å². The zero-order valence-electron chi connectivity index (χ0n) is 11.1. The van der Waals surface area contributed by atoms with Crippen molar-refractivity contribution in [3.05, 3.63) is 69.5 Å². The summed E-state index contributed by atoms with van der Waals surface area (Å²) in [6.45, 7) is 0. The van der Waals surface area contributed by atoms with E-state index < -0.39 is 8.09 Å². The van der Waals surface area contributed by atoms with Crippen molar-refractivity contribution in [3.8, 4) is 0 Å². The summed E-state index contributed by atoms with van der Waals surface area (Å²) in [7, 11) is 2.15. The van der Waals surface area contributed by atoms with Gasteiger partial charge in [0.1, 0.15) is 0 Å². The summed E-state index contributed by atoms with van der Waals surface area (Å²) in [4.78, 5) is 29.2. The molecule has 1 spiro atoms. The van der Waals surface area contributed by atoms with E-state index in [1.807, 2.05) is 48.5 Å². The molecule has 0 radical (unpaired) electrons. The number of Topliss-reactive ketones (excluding diaryl/α,β-unsaturated/α-hetero) is 2. The largest absolute Gasteiger partial charge is 0.288 e. The number of allylic oxidation sites excluding steroid dienone is 2. The first kappa shape index (κ1) is 13.4. The minimum Gasteiger partial charge on any atom is -0.288 e. The quantitative estimate of drug-likeness (QED) is 0.353. The molecule has 108 valence electrons. The van der Waals surface area contributed by atoms with Gasteiger partial charge < -0.3 is 0 Å². The lowest BCUT2D eigenvalue weighted by Gasteiger charge is -2.12. The van der Waals surface area contributed by atoms with Gasteiger partial charge in [-0.3, -0.25) is 9.59 Å². The smallest absolute Gasteiger partial charge is 0.202 e. The number of thioether (sulfide) groups is 1. The van der Waals surface area contributed by atoms with E-state index in [9.17, 15) is 9.59 Å². The fraction of sp³-hybridized carbons (Fsp3) is 0. The van der Waals surface area contributed by atoms with E-state index in [1.54, 1.807) is 19.7 Å². The number of fused-ring (bicyclic) bond motifs is 3. The normalized spacial score (nSPS) is 25.3. The first-order chi connectivity index (χ1) is 10.7. The molecule has 3 aliphatic rings. The first-order valence-corrected chi connectivity index (χ1v) is 12.3. The molecule has 3 heterocycles. The second-order valence-electron chi connectivity index (χ2n) is 5.05. The SMILES string of the molecule is O=C1/C(=C2\C(=O)c3ccccc3S23SS3)Sc2ccccc21. The number of benzene rings is 2. The molecule has 2 nitrogen and oxygen atoms in total. The molecule has 3 aliphatic heterocycles. The summed E-state index contributed by atoms with van der Waals surface area (Å²) in [6.07, 6.45) is 0. The van der Waals surface area contributed by atoms with E-state index in [0.717, 1.165) is 25.8 Å². The maximum atomic E-state index is 12.9. The monoisotopic (exact) mass is 360 g/mol. The summed E-state index contributed by atoms with van der Waals surface area (Å²) < 4.78 is 0. The van der Waals surface area contributed by atoms with Crippen LogP contribution in [0.15, 0.2) is 68.1 Å². The van der Waals surface area contributed by atoms with Crippen LogP contribution in [0.4, 0.5) is 0 Å². The molecule has 6 heteroatoms. The fourth-order valence-electron chi connectivity index (χ4n) is 2.81. The van der Waals surface area contributed by atoms with Crippen LogP contribution in [0.5, 0.6) is 0 Å². The zero-order valence-corrected chi connectivity index (χ0v) is 14.3. The van der Waals surface area contributed by atoms with E-state index in [4.69, 9.17) is 0 Å². The molecule has 0 atom stereocenters. The van der Waals surface area contributed by atoms with Crippen LogP contribution in [-0.2, 0) is 0 Å². The average molecular weight is 361 g/mol. The highest BCUT2D eigenvalue weighted by Gasteiger charge is 2.57. The van der Waals surface area contributed by atoms with Crippen LogP contribution in [-0.4, -0.2) is 11.6 Å². The van der Waals surface area contributed by atoms with Crippen molar-refractivity contribution in [2.45, 2.75) is 9.79 Å². The van der Waals surface area contributed by atoms with Gasteiger partial charge in [0.2, 0.25) is 11.6 Å². The topological polar surface area (TPSA) is 34.1 Å². The van der Waals surface area contributed by atoms with Gasteiger partial charge in [-0.1, -0.05) is 44.1 Å². The molecule has 1 saturated heterocycles. The van der Waals surface area contributed by atoms with Crippen molar-refractivity contribution >= 4 is 51.1 Å². The Morgan fingerprint density at radius 3 is 2.18 bits per heavy atom. The highest BCUT2D eigenvalue weighted by molar-refractivity contribution is 9.71. The number of carbonyl (C=O) groups excluding carboxylic acids is 2. The molecule has 0 N–H and O–H groups in total. The lowest BCUT2D eigenvalue weighted by atomic mass is 10.1. The highest BCUT2D eigenvalue weighted by Crippen LogP contribution is 3.03. The van der Waals surface area contributed by atoms with Crippen LogP contribution in [0.3, 0.4) is 0 Å². The molecule has 2 aromatic rings. The van der Waals surface area contributed by atoms with E-state index >= 15 is 0 Å². The van der Waals surface area contributed by atoms with Crippen LogP contribution >= 0.6 is 39.5 Å². The lowest BCUT2D eigenvalue weighted by Crippen LogP contribution is -2.03. The Morgan fingerprint density at radius 1 is 0.773 bits per heavy atom. The third-order valence-corrected chi connectivity index (χ3v) is 14.4. The Balaban J connectivity index is 1.76. The Labute approximate surface area is 139 Å². The Hall–Kier alpha value is -1.08. The average Bonchev–Trinajstić information content (AvgIpc) is 3.22. The molecular weight excluding hydrogens is 352 g/mol. The molecule has 0 bridgehead atoms. The maximum absolute atomic E-state index is 12.9. The molecule has 1 fully saturated rings. The van der Waals surface area contributed by atoms with Crippen LogP contribution < -0.4 is 0 Å². The van der Waals surface area contributed by atoms with E-state index in [0.29, 0.717) is 4.91 Å². The van der Waals surface area contributed by atoms with Crippen molar-refractivity contribution in [1.82, 2.24) is 0 Å². The molecule has 0 aliphatic carbocycles. The van der Waals surface area contributed by atoms with Gasteiger partial charge in [0, 0.05) is 20.9 Å². The number of rotatable bonds is 0. The highest BCUT2D eigenvalue weighted by atomic mass is 34.1. The van der Waals surface area contributed by atoms with Gasteiger partial charge in [0.15, 0.2) is 0 Å². The second kappa shape index (κ2) is 4.47. The molecule has 0 amide bonds. The summed E-state index contributed by atoms with van der Waals surface area (Å²) in [5.74, 6) is 0.0588. The molecule has 0 unspecified atom stereocenters. The van der Waals surface area contributed by atoms with Crippen molar-refractivity contribution in [3.63, 3.8) is 0 Å². The summed E-state index contributed by atoms with van der Waals surface area (Å²) in [5.41, 5.74) is 1.51. The van der Waals surface area contributed by atoms with Gasteiger partial charge >= 0.3 is 0 Å². The molecule has 0 aromatic heterocycles. The lowest BCUT2D eigenvalue weighted by molar-refractivity contribution is 0.101. The van der Waals surface area contributed by atoms with Gasteiger partial charge in [0.25, 0.3) is 0 Å². The molecule has 22 heavy (non-hydrogen) atoms. The van der Waals surface area contributed by atoms with Crippen molar-refractivity contribution < 1.29 is 9.59 Å². The third-order valence-electron chi connectivity index (χ3n) is 3.86. The predicted octanol–water partition coefficient (Wildman–Crippen LogP) is 5.47. The number of carbonyl (C=O) groups is 2. The van der Waals surface area contributed by atoms with Crippen molar-refractivity contribution in [1.29, 1.82) is 0 Å². The Morgan fingerprint density at radius 2 is 1.45 bits per heavy atom. The standard InChI is InChI=1S/C16H8O2S4/c17-13-9-5-1-3-7-11(9)19-15(13)16-14(18)10-6-2-4-8-12(10)22(16)20-21-22/h1-8H/b16-15-. The van der Waals surface area contributed by atoms with Crippen LogP contribution in [0.25, 0.3) is 0 Å². The minimum atomic E-state index is -1.36. The van der Waals surface area contributed by atoms with Crippen LogP contribution in [0.2, 0.25) is 0 Å². The van der Waals surface area contributed by atoms with Crippen LogP contribution in [0.1, 0.15) is 20.7 Å². The summed E-state index contributed by atoms with van der Waals surface area (Å²) in [6, 6.07) is 15.4. The summed E-state index contributed by atoms with van der Waals surface area (Å²) in [5, 5.41) is 0.